The van der Waals surface area contributed by atoms with Crippen LogP contribution in [-0.2, 0) is 25.5 Å². The topological polar surface area (TPSA) is 149 Å². The molecule has 0 saturated carbocycles. The molecule has 7 atom stereocenters. The molecule has 2 unspecified atom stereocenters. The van der Waals surface area contributed by atoms with Crippen molar-refractivity contribution in [3.8, 4) is 34.8 Å². The number of carbonyl (C=O) groups excluding carboxylic acids is 2. The van der Waals surface area contributed by atoms with Crippen LogP contribution in [0.15, 0.2) is 6.07 Å². The maximum Gasteiger partial charge on any atom is 0.335 e. The van der Waals surface area contributed by atoms with Gasteiger partial charge in [0.25, 0.3) is 0 Å². The molecule has 47 heavy (non-hydrogen) atoms. The number of nitrogens with zero attached hydrogens (tertiary/aromatic N) is 3. The molecule has 2 aromatic carbocycles. The molecule has 0 amide bonds. The van der Waals surface area contributed by atoms with Gasteiger partial charge in [-0.2, -0.15) is 5.26 Å². The van der Waals surface area contributed by atoms with E-state index in [0.717, 1.165) is 16.7 Å². The van der Waals surface area contributed by atoms with Crippen LogP contribution >= 0.6 is 11.8 Å². The third-order valence-corrected chi connectivity index (χ3v) is 11.3. The molecule has 250 valence electrons. The number of esters is 2. The van der Waals surface area contributed by atoms with Crippen molar-refractivity contribution >= 4 is 23.7 Å². The van der Waals surface area contributed by atoms with Gasteiger partial charge in [-0.25, -0.2) is 4.79 Å². The largest absolute Gasteiger partial charge is 0.493 e. The Morgan fingerprint density at radius 3 is 2.60 bits per heavy atom. The highest BCUT2D eigenvalue weighted by Crippen LogP contribution is 2.64. The molecule has 5 aliphatic heterocycles. The Kier molecular flexibility index (Phi) is 8.16. The van der Waals surface area contributed by atoms with Crippen LogP contribution in [0.3, 0.4) is 0 Å². The van der Waals surface area contributed by atoms with Crippen molar-refractivity contribution in [2.45, 2.75) is 68.8 Å². The monoisotopic (exact) mass is 667 g/mol. The summed E-state index contributed by atoms with van der Waals surface area (Å²) >= 11 is 1.35. The lowest BCUT2D eigenvalue weighted by atomic mass is 9.71. The number of likely N-dealkylation sites (N-methyl/N-ethyl adjacent to an activating group) is 1. The number of cyclic esters (lactones) is 1. The zero-order valence-corrected chi connectivity index (χ0v) is 27.8. The summed E-state index contributed by atoms with van der Waals surface area (Å²) in [6, 6.07) is 2.30. The third-order valence-electron chi connectivity index (χ3n) is 9.94. The number of fused-ring (bicyclic) bond motifs is 9. The van der Waals surface area contributed by atoms with Crippen LogP contribution in [0.4, 0.5) is 0 Å². The second-order valence-corrected chi connectivity index (χ2v) is 13.6. The van der Waals surface area contributed by atoms with Gasteiger partial charge in [0.05, 0.1) is 30.5 Å². The number of thioether (sulfide) groups is 1. The second kappa shape index (κ2) is 12.1. The molecule has 0 aromatic heterocycles. The minimum Gasteiger partial charge on any atom is -0.493 e. The molecule has 2 fully saturated rings. The van der Waals surface area contributed by atoms with Crippen molar-refractivity contribution in [3.05, 3.63) is 39.4 Å². The van der Waals surface area contributed by atoms with E-state index in [1.165, 1.54) is 18.7 Å². The highest BCUT2D eigenvalue weighted by molar-refractivity contribution is 7.99. The fourth-order valence-electron chi connectivity index (χ4n) is 8.20. The fraction of sp³-hybridized carbons (Fsp3) is 0.545. The van der Waals surface area contributed by atoms with Crippen LogP contribution in [0, 0.1) is 25.2 Å². The molecule has 7 rings (SSSR count). The van der Waals surface area contributed by atoms with Crippen LogP contribution in [-0.4, -0.2) is 98.3 Å². The molecule has 14 heteroatoms. The summed E-state index contributed by atoms with van der Waals surface area (Å²) in [6.07, 6.45) is -0.829. The third kappa shape index (κ3) is 4.74. The lowest BCUT2D eigenvalue weighted by Gasteiger charge is -2.61. The summed E-state index contributed by atoms with van der Waals surface area (Å²) in [7, 11) is 5.17. The highest BCUT2D eigenvalue weighted by atomic mass is 32.2. The van der Waals surface area contributed by atoms with Gasteiger partial charge in [-0.1, -0.05) is 6.07 Å². The van der Waals surface area contributed by atoms with E-state index in [1.807, 2.05) is 20.9 Å². The maximum atomic E-state index is 12.9. The number of carbonyl (C=O) groups is 2. The summed E-state index contributed by atoms with van der Waals surface area (Å²) in [4.78, 5) is 29.9. The average Bonchev–Trinajstić information content (AvgIpc) is 3.53. The van der Waals surface area contributed by atoms with E-state index in [1.54, 1.807) is 14.2 Å². The summed E-state index contributed by atoms with van der Waals surface area (Å²) in [6.45, 7) is 4.90. The molecule has 0 aliphatic carbocycles. The Labute approximate surface area is 276 Å². The Hall–Kier alpha value is -3.74. The number of aliphatic hydroxyl groups is 1. The summed E-state index contributed by atoms with van der Waals surface area (Å²) in [5, 5.41) is 21.3. The summed E-state index contributed by atoms with van der Waals surface area (Å²) in [5.41, 5.74) is 4.78. The molecule has 13 nitrogen and oxygen atoms in total. The van der Waals surface area contributed by atoms with Crippen molar-refractivity contribution < 1.29 is 47.9 Å². The quantitative estimate of drug-likeness (QED) is 0.283. The van der Waals surface area contributed by atoms with Gasteiger partial charge in [0.15, 0.2) is 35.9 Å². The van der Waals surface area contributed by atoms with Gasteiger partial charge in [-0.05, 0) is 38.4 Å². The zero-order valence-electron chi connectivity index (χ0n) is 27.0. The Morgan fingerprint density at radius 1 is 1.13 bits per heavy atom. The smallest absolute Gasteiger partial charge is 0.335 e. The number of hydrogen-bond acceptors (Lipinski definition) is 14. The number of rotatable bonds is 5. The normalized spacial score (nSPS) is 29.1. The van der Waals surface area contributed by atoms with E-state index in [9.17, 15) is 20.0 Å². The Morgan fingerprint density at radius 2 is 1.89 bits per heavy atom. The van der Waals surface area contributed by atoms with Gasteiger partial charge in [0.2, 0.25) is 6.79 Å². The Balaban J connectivity index is 1.56. The lowest BCUT2D eigenvalue weighted by Crippen LogP contribution is -2.69. The molecule has 0 spiro atoms. The molecule has 0 radical (unpaired) electrons. The summed E-state index contributed by atoms with van der Waals surface area (Å²) < 4.78 is 41.3. The number of nitriles is 1. The van der Waals surface area contributed by atoms with Gasteiger partial charge in [-0.15, -0.1) is 11.8 Å². The molecule has 5 aliphatic rings. The molecule has 5 heterocycles. The van der Waals surface area contributed by atoms with E-state index in [-0.39, 0.29) is 38.0 Å². The van der Waals surface area contributed by atoms with Gasteiger partial charge in [0, 0.05) is 54.1 Å². The van der Waals surface area contributed by atoms with Crippen LogP contribution < -0.4 is 23.7 Å². The highest BCUT2D eigenvalue weighted by Gasteiger charge is 2.60. The van der Waals surface area contributed by atoms with Crippen LogP contribution in [0.1, 0.15) is 57.6 Å². The Bertz CT molecular complexity index is 1690. The number of piperazine rings is 1. The van der Waals surface area contributed by atoms with Gasteiger partial charge >= 0.3 is 11.9 Å². The van der Waals surface area contributed by atoms with Crippen molar-refractivity contribution in [2.75, 3.05) is 47.2 Å². The van der Waals surface area contributed by atoms with Crippen LogP contribution in [0.25, 0.3) is 0 Å². The van der Waals surface area contributed by atoms with Gasteiger partial charge in [-0.3, -0.25) is 14.6 Å². The number of hydrogen-bond donors (Lipinski definition) is 1. The second-order valence-electron chi connectivity index (χ2n) is 12.4. The zero-order chi connectivity index (χ0) is 33.3. The first-order chi connectivity index (χ1) is 22.6. The number of aliphatic hydroxyl groups excluding tert-OH is 1. The predicted molar refractivity (Wildman–Crippen MR) is 167 cm³/mol. The van der Waals surface area contributed by atoms with E-state index >= 15 is 0 Å². The number of aryl methyl sites for hydroxylation is 1. The van der Waals surface area contributed by atoms with Crippen molar-refractivity contribution in [2.24, 2.45) is 0 Å². The van der Waals surface area contributed by atoms with Crippen LogP contribution in [0.5, 0.6) is 28.7 Å². The summed E-state index contributed by atoms with van der Waals surface area (Å²) in [5.74, 6) is 1.15. The SMILES string of the molecule is COCOc1c(OC)c(C)cc2c1[C@@H]1C3[C@@H]4SCC(O)C(=O)OC[C@@H](c5c6c(c(C)c(OC(C)=O)c54)OCO6)N3[C@@H](C#N)[C@H](C2)N1C. The standard InChI is InChI=1S/C33H37N3O10S/c1-14-7-17-8-18-19(9-34)36-20-10-42-33(39)21(38)11-47-32(24-23(20)31-29(44-13-45-31)15(2)28(24)46-16(3)37)26(36)25(35(18)4)22(17)30(27(14)41-6)43-12-40-5/h7,18-21,25-26,32,38H,8,10-13H2,1-6H3/t18-,19-,20-,21?,25+,26?,32+/m0/s1. The van der Waals surface area contributed by atoms with Crippen molar-refractivity contribution in [1.29, 1.82) is 5.26 Å². The number of ether oxygens (including phenoxy) is 7. The van der Waals surface area contributed by atoms with Gasteiger partial charge < -0.3 is 38.3 Å². The maximum absolute atomic E-state index is 12.9. The molecule has 2 aromatic rings. The van der Waals surface area contributed by atoms with E-state index in [2.05, 4.69) is 21.9 Å². The molecular weight excluding hydrogens is 630 g/mol. The van der Waals surface area contributed by atoms with E-state index < -0.39 is 41.4 Å². The number of benzene rings is 2. The first kappa shape index (κ1) is 31.8. The first-order valence-corrected chi connectivity index (χ1v) is 16.5. The minimum absolute atomic E-state index is 0.000855. The lowest BCUT2D eigenvalue weighted by molar-refractivity contribution is -0.157. The predicted octanol–water partition coefficient (Wildman–Crippen LogP) is 2.87. The first-order valence-electron chi connectivity index (χ1n) is 15.4. The van der Waals surface area contributed by atoms with E-state index in [4.69, 9.17) is 33.2 Å². The van der Waals surface area contributed by atoms with Crippen LogP contribution in [0.2, 0.25) is 0 Å². The van der Waals surface area contributed by atoms with E-state index in [0.29, 0.717) is 51.9 Å². The van der Waals surface area contributed by atoms with Crippen molar-refractivity contribution in [3.63, 3.8) is 0 Å². The van der Waals surface area contributed by atoms with Crippen molar-refractivity contribution in [1.82, 2.24) is 9.80 Å². The molecule has 2 saturated heterocycles. The molecule has 1 N–H and O–H groups in total. The number of methoxy groups -OCH3 is 2. The molecule has 4 bridgehead atoms. The molecular formula is C33H37N3O10S. The fourth-order valence-corrected chi connectivity index (χ4v) is 9.61. The van der Waals surface area contributed by atoms with Gasteiger partial charge in [0.1, 0.15) is 18.4 Å². The minimum atomic E-state index is -1.38. The average molecular weight is 668 g/mol.